The van der Waals surface area contributed by atoms with E-state index in [0.717, 1.165) is 21.3 Å². The number of carbonyl (C=O) groups excluding carboxylic acids is 2. The van der Waals surface area contributed by atoms with Crippen LogP contribution in [0.2, 0.25) is 0 Å². The number of carbonyl (C=O) groups is 2. The summed E-state index contributed by atoms with van der Waals surface area (Å²) in [6.45, 7) is 2.39. The highest BCUT2D eigenvalue weighted by Crippen LogP contribution is 2.54. The maximum absolute atomic E-state index is 13.7. The number of hydrogen-bond donors (Lipinski definition) is 1. The predicted molar refractivity (Wildman–Crippen MR) is 123 cm³/mol. The number of hydrogen-bond acceptors (Lipinski definition) is 4. The van der Waals surface area contributed by atoms with Crippen LogP contribution in [-0.2, 0) is 26.4 Å². The van der Waals surface area contributed by atoms with Gasteiger partial charge in [0.1, 0.15) is 0 Å². The number of esters is 1. The van der Waals surface area contributed by atoms with Gasteiger partial charge in [-0.1, -0.05) is 82.7 Å². The molecule has 1 aliphatic heterocycles. The molecule has 1 fully saturated rings. The number of halogens is 1. The molecule has 1 aliphatic rings. The molecule has 6 heteroatoms. The third kappa shape index (κ3) is 3.95. The first-order valence-corrected chi connectivity index (χ1v) is 11.0. The summed E-state index contributed by atoms with van der Waals surface area (Å²) in [6, 6.07) is 26.0. The summed E-state index contributed by atoms with van der Waals surface area (Å²) < 4.78 is 6.23. The average Bonchev–Trinajstić information content (AvgIpc) is 3.51. The monoisotopic (exact) mass is 478 g/mol. The second-order valence-corrected chi connectivity index (χ2v) is 8.22. The normalized spacial score (nSPS) is 19.5. The van der Waals surface area contributed by atoms with Gasteiger partial charge in [-0.15, -0.1) is 0 Å². The van der Waals surface area contributed by atoms with Crippen LogP contribution in [0.15, 0.2) is 89.4 Å². The van der Waals surface area contributed by atoms with Crippen molar-refractivity contribution >= 4 is 33.5 Å². The van der Waals surface area contributed by atoms with Crippen LogP contribution in [0.5, 0.6) is 0 Å². The minimum Gasteiger partial charge on any atom is -0.464 e. The Bertz CT molecular complexity index is 1070. The molecule has 0 aliphatic carbocycles. The predicted octanol–water partition coefficient (Wildman–Crippen LogP) is 4.41. The molecule has 1 N–H and O–H groups in total. The van der Waals surface area contributed by atoms with Gasteiger partial charge in [0, 0.05) is 16.7 Å². The maximum atomic E-state index is 13.7. The minimum absolute atomic E-state index is 0.236. The largest absolute Gasteiger partial charge is 0.464 e. The zero-order valence-corrected chi connectivity index (χ0v) is 18.7. The third-order valence-corrected chi connectivity index (χ3v) is 5.91. The van der Waals surface area contributed by atoms with Crippen molar-refractivity contribution in [1.82, 2.24) is 5.32 Å². The second kappa shape index (κ2) is 8.94. The molecule has 31 heavy (non-hydrogen) atoms. The SMILES string of the molecule is CCOC(=O)[C@@H]1N(c2cccc(Br)c2)[C@]1(C(=O)NCc1ccccc1)c1ccccc1. The topological polar surface area (TPSA) is 58.4 Å². The van der Waals surface area contributed by atoms with Crippen LogP contribution in [0.1, 0.15) is 18.1 Å². The van der Waals surface area contributed by atoms with E-state index >= 15 is 0 Å². The Hall–Kier alpha value is -3.12. The van der Waals surface area contributed by atoms with E-state index in [0.29, 0.717) is 6.54 Å². The summed E-state index contributed by atoms with van der Waals surface area (Å²) in [5.41, 5.74) is 1.33. The highest BCUT2D eigenvalue weighted by Gasteiger charge is 2.73. The van der Waals surface area contributed by atoms with Crippen LogP contribution in [0, 0.1) is 0 Å². The molecule has 0 aromatic heterocycles. The van der Waals surface area contributed by atoms with Gasteiger partial charge in [0.05, 0.1) is 6.61 Å². The van der Waals surface area contributed by atoms with E-state index in [4.69, 9.17) is 4.74 Å². The second-order valence-electron chi connectivity index (χ2n) is 7.31. The fraction of sp³-hybridized carbons (Fsp3) is 0.200. The Labute approximate surface area is 190 Å². The molecule has 3 aromatic rings. The molecule has 1 amide bonds. The van der Waals surface area contributed by atoms with Crippen LogP contribution in [0.25, 0.3) is 0 Å². The Kier molecular flexibility index (Phi) is 6.09. The van der Waals surface area contributed by atoms with Crippen LogP contribution >= 0.6 is 15.9 Å². The number of ether oxygens (including phenoxy) is 1. The number of amides is 1. The molecule has 0 unspecified atom stereocenters. The van der Waals surface area contributed by atoms with Crippen molar-refractivity contribution in [2.75, 3.05) is 11.5 Å². The van der Waals surface area contributed by atoms with E-state index in [-0.39, 0.29) is 12.5 Å². The lowest BCUT2D eigenvalue weighted by molar-refractivity contribution is -0.143. The van der Waals surface area contributed by atoms with E-state index in [2.05, 4.69) is 21.2 Å². The van der Waals surface area contributed by atoms with E-state index in [1.165, 1.54) is 0 Å². The fourth-order valence-corrected chi connectivity index (χ4v) is 4.42. The Morgan fingerprint density at radius 3 is 2.32 bits per heavy atom. The van der Waals surface area contributed by atoms with Gasteiger partial charge in [-0.3, -0.25) is 4.79 Å². The first-order valence-electron chi connectivity index (χ1n) is 10.2. The van der Waals surface area contributed by atoms with Crippen LogP contribution < -0.4 is 10.2 Å². The average molecular weight is 479 g/mol. The highest BCUT2D eigenvalue weighted by atomic mass is 79.9. The third-order valence-electron chi connectivity index (χ3n) is 5.42. The minimum atomic E-state index is -1.18. The van der Waals surface area contributed by atoms with Crippen molar-refractivity contribution < 1.29 is 14.3 Å². The van der Waals surface area contributed by atoms with E-state index < -0.39 is 17.6 Å². The Morgan fingerprint density at radius 2 is 1.68 bits per heavy atom. The van der Waals surface area contributed by atoms with Crippen molar-refractivity contribution in [1.29, 1.82) is 0 Å². The van der Waals surface area contributed by atoms with Crippen LogP contribution in [0.3, 0.4) is 0 Å². The van der Waals surface area contributed by atoms with E-state index in [1.54, 1.807) is 6.92 Å². The van der Waals surface area contributed by atoms with Gasteiger partial charge >= 0.3 is 5.97 Å². The summed E-state index contributed by atoms with van der Waals surface area (Å²) in [7, 11) is 0. The number of rotatable bonds is 7. The molecule has 0 radical (unpaired) electrons. The maximum Gasteiger partial charge on any atom is 0.332 e. The molecule has 0 saturated carbocycles. The number of benzene rings is 3. The standard InChI is InChI=1S/C25H23BrN2O3/c1-2-31-23(29)22-25(19-12-7-4-8-13-19,28(22)21-15-9-14-20(26)16-21)24(30)27-17-18-10-5-3-6-11-18/h3-16,22H,2,17H2,1H3,(H,27,30)/t22-,25+,28?/m0/s1. The molecule has 5 nitrogen and oxygen atoms in total. The van der Waals surface area contributed by atoms with Gasteiger partial charge in [-0.25, -0.2) is 4.79 Å². The molecule has 3 aromatic carbocycles. The zero-order valence-electron chi connectivity index (χ0n) is 17.1. The van der Waals surface area contributed by atoms with E-state index in [9.17, 15) is 9.59 Å². The summed E-state index contributed by atoms with van der Waals surface area (Å²) >= 11 is 3.49. The van der Waals surface area contributed by atoms with Gasteiger partial charge in [0.15, 0.2) is 11.6 Å². The fourth-order valence-electron chi connectivity index (χ4n) is 4.03. The smallest absolute Gasteiger partial charge is 0.332 e. The van der Waals surface area contributed by atoms with Crippen molar-refractivity contribution in [2.24, 2.45) is 0 Å². The van der Waals surface area contributed by atoms with Crippen molar-refractivity contribution in [2.45, 2.75) is 25.0 Å². The van der Waals surface area contributed by atoms with Crippen LogP contribution in [0.4, 0.5) is 5.69 Å². The number of anilines is 1. The summed E-state index contributed by atoms with van der Waals surface area (Å²) in [6.07, 6.45) is 0. The molecule has 1 saturated heterocycles. The van der Waals surface area contributed by atoms with Crippen molar-refractivity contribution in [3.63, 3.8) is 0 Å². The van der Waals surface area contributed by atoms with Crippen molar-refractivity contribution in [3.8, 4) is 0 Å². The molecule has 158 valence electrons. The van der Waals surface area contributed by atoms with Gasteiger partial charge < -0.3 is 15.0 Å². The lowest BCUT2D eigenvalue weighted by atomic mass is 9.93. The lowest BCUT2D eigenvalue weighted by Gasteiger charge is -2.19. The first-order chi connectivity index (χ1) is 15.1. The lowest BCUT2D eigenvalue weighted by Crippen LogP contribution is -2.40. The van der Waals surface area contributed by atoms with Gasteiger partial charge in [-0.05, 0) is 36.2 Å². The quantitative estimate of drug-likeness (QED) is 0.403. The highest BCUT2D eigenvalue weighted by molar-refractivity contribution is 9.10. The van der Waals surface area contributed by atoms with Gasteiger partial charge in [0.25, 0.3) is 5.91 Å². The van der Waals surface area contributed by atoms with Gasteiger partial charge in [-0.2, -0.15) is 0 Å². The molecular weight excluding hydrogens is 456 g/mol. The molecule has 1 heterocycles. The van der Waals surface area contributed by atoms with Gasteiger partial charge in [0.2, 0.25) is 0 Å². The summed E-state index contributed by atoms with van der Waals surface area (Å²) in [5, 5.41) is 3.04. The van der Waals surface area contributed by atoms with Crippen LogP contribution in [-0.4, -0.2) is 24.5 Å². The number of nitrogens with one attached hydrogen (secondary N) is 1. The molecule has 0 spiro atoms. The molecular formula is C25H23BrN2O3. The molecule has 4 rings (SSSR count). The first kappa shape index (κ1) is 21.1. The van der Waals surface area contributed by atoms with E-state index in [1.807, 2.05) is 89.8 Å². The Balaban J connectivity index is 1.76. The number of nitrogens with zero attached hydrogens (tertiary/aromatic N) is 1. The molecule has 0 bridgehead atoms. The van der Waals surface area contributed by atoms with Crippen molar-refractivity contribution in [3.05, 3.63) is 101 Å². The summed E-state index contributed by atoms with van der Waals surface area (Å²) in [4.78, 5) is 28.5. The molecule has 2 atom stereocenters. The Morgan fingerprint density at radius 1 is 1.00 bits per heavy atom. The zero-order chi connectivity index (χ0) is 21.8. The summed E-state index contributed by atoms with van der Waals surface area (Å²) in [5.74, 6) is -0.651.